The zero-order chi connectivity index (χ0) is 41.3. The van der Waals surface area contributed by atoms with E-state index in [-0.39, 0.29) is 51.2 Å². The van der Waals surface area contributed by atoms with Crippen LogP contribution >= 0.6 is 0 Å². The summed E-state index contributed by atoms with van der Waals surface area (Å²) in [7, 11) is 0. The van der Waals surface area contributed by atoms with E-state index in [0.717, 1.165) is 18.7 Å². The number of carbonyl (C=O) groups excluding carboxylic acids is 7. The Balaban J connectivity index is 3.14. The first kappa shape index (κ1) is 46.4. The molecule has 17 N–H and O–H groups in total. The average Bonchev–Trinajstić information content (AvgIpc) is 3.58. The number of nitrogens with one attached hydrogen (secondary N) is 5. The molecule has 0 radical (unpaired) electrons. The van der Waals surface area contributed by atoms with Gasteiger partial charge in [0.2, 0.25) is 41.4 Å². The lowest BCUT2D eigenvalue weighted by atomic mass is 10.1. The number of aliphatic hydroxyl groups is 2. The third-order valence-corrected chi connectivity index (χ3v) is 8.06. The summed E-state index contributed by atoms with van der Waals surface area (Å²) in [5.74, 6) is -9.82. The lowest BCUT2D eigenvalue weighted by Gasteiger charge is -2.31. The molecule has 1 aliphatic rings. The SMILES string of the molecule is C[C@H](NC(=O)[C@H](CC(=O)O)NC(=O)[C@@H](N)CCC(N)=O)C(=O)N[C@H](C(=O)N[C@@H](CCCN=C(N)N)C(=O)N1CCC[C@H]1C(=O)N[C@@H](CO)C(=O)O)[C@@H](C)O. The summed E-state index contributed by atoms with van der Waals surface area (Å²) in [6.45, 7) is 1.46. The number of nitrogens with zero attached hydrogens (tertiary/aromatic N) is 2. The Morgan fingerprint density at radius 2 is 1.44 bits per heavy atom. The molecule has 0 unspecified atom stereocenters. The molecule has 0 aliphatic carbocycles. The molecule has 1 aliphatic heterocycles. The van der Waals surface area contributed by atoms with Crippen LogP contribution in [0.3, 0.4) is 0 Å². The molecular weight excluding hydrogens is 722 g/mol. The van der Waals surface area contributed by atoms with Gasteiger partial charge in [-0.15, -0.1) is 0 Å². The third-order valence-electron chi connectivity index (χ3n) is 8.06. The fourth-order valence-electron chi connectivity index (χ4n) is 5.13. The van der Waals surface area contributed by atoms with E-state index >= 15 is 0 Å². The van der Waals surface area contributed by atoms with Crippen LogP contribution in [0.25, 0.3) is 0 Å². The Bertz CT molecular complexity index is 1420. The number of carbonyl (C=O) groups is 9. The summed E-state index contributed by atoms with van der Waals surface area (Å²) in [5, 5.41) is 49.4. The monoisotopic (exact) mass is 773 g/mol. The number of carboxylic acids is 2. The van der Waals surface area contributed by atoms with E-state index < -0.39 is 115 Å². The van der Waals surface area contributed by atoms with Crippen molar-refractivity contribution in [1.29, 1.82) is 0 Å². The topological polar surface area (TPSA) is 414 Å². The highest BCUT2D eigenvalue weighted by Crippen LogP contribution is 2.20. The van der Waals surface area contributed by atoms with Crippen LogP contribution in [0.1, 0.15) is 58.8 Å². The van der Waals surface area contributed by atoms with Crippen molar-refractivity contribution in [2.75, 3.05) is 19.7 Å². The number of hydrogen-bond donors (Lipinski definition) is 13. The molecule has 1 fully saturated rings. The van der Waals surface area contributed by atoms with Gasteiger partial charge in [0.25, 0.3) is 0 Å². The van der Waals surface area contributed by atoms with Gasteiger partial charge in [-0.2, -0.15) is 0 Å². The maximum atomic E-state index is 13.8. The first-order valence-electron chi connectivity index (χ1n) is 16.8. The van der Waals surface area contributed by atoms with Gasteiger partial charge in [-0.1, -0.05) is 0 Å². The van der Waals surface area contributed by atoms with E-state index in [2.05, 4.69) is 31.6 Å². The molecule has 24 heteroatoms. The van der Waals surface area contributed by atoms with E-state index in [1.807, 2.05) is 0 Å². The van der Waals surface area contributed by atoms with Crippen molar-refractivity contribution >= 4 is 59.2 Å². The Kier molecular flexibility index (Phi) is 19.3. The number of likely N-dealkylation sites (tertiary alicyclic amines) is 1. The molecule has 24 nitrogen and oxygen atoms in total. The number of nitrogens with two attached hydrogens (primary N) is 4. The summed E-state index contributed by atoms with van der Waals surface area (Å²) in [4.78, 5) is 117. The van der Waals surface area contributed by atoms with Gasteiger partial charge in [-0.3, -0.25) is 43.3 Å². The fraction of sp³-hybridized carbons (Fsp3) is 0.667. The van der Waals surface area contributed by atoms with Crippen LogP contribution in [0.4, 0.5) is 0 Å². The summed E-state index contributed by atoms with van der Waals surface area (Å²) in [6.07, 6.45) is -2.47. The largest absolute Gasteiger partial charge is 0.481 e. The van der Waals surface area contributed by atoms with Crippen LogP contribution in [0.15, 0.2) is 4.99 Å². The molecule has 7 amide bonds. The lowest BCUT2D eigenvalue weighted by Crippen LogP contribution is -2.61. The minimum absolute atomic E-state index is 0.0269. The molecule has 0 aromatic rings. The lowest BCUT2D eigenvalue weighted by molar-refractivity contribution is -0.146. The molecule has 8 atom stereocenters. The number of aliphatic imine (C=N–C) groups is 1. The number of primary amides is 1. The van der Waals surface area contributed by atoms with E-state index in [1.54, 1.807) is 0 Å². The fourth-order valence-corrected chi connectivity index (χ4v) is 5.13. The average molecular weight is 774 g/mol. The number of hydrogen-bond acceptors (Lipinski definition) is 13. The number of rotatable bonds is 23. The van der Waals surface area contributed by atoms with Crippen LogP contribution in [0.5, 0.6) is 0 Å². The molecule has 0 spiro atoms. The highest BCUT2D eigenvalue weighted by atomic mass is 16.4. The molecule has 1 heterocycles. The smallest absolute Gasteiger partial charge is 0.328 e. The van der Waals surface area contributed by atoms with Gasteiger partial charge < -0.3 is 74.8 Å². The molecule has 0 aromatic heterocycles. The van der Waals surface area contributed by atoms with Crippen molar-refractivity contribution in [2.45, 2.75) is 107 Å². The number of amides is 7. The molecular formula is C30H51N11O13. The van der Waals surface area contributed by atoms with Crippen LogP contribution in [0.2, 0.25) is 0 Å². The summed E-state index contributed by atoms with van der Waals surface area (Å²) in [5.41, 5.74) is 21.4. The number of carboxylic acid groups (broad SMARTS) is 2. The number of guanidine groups is 1. The molecule has 1 rings (SSSR count). The summed E-state index contributed by atoms with van der Waals surface area (Å²) >= 11 is 0. The summed E-state index contributed by atoms with van der Waals surface area (Å²) < 4.78 is 0. The van der Waals surface area contributed by atoms with Crippen molar-refractivity contribution in [1.82, 2.24) is 31.5 Å². The van der Waals surface area contributed by atoms with Gasteiger partial charge in [0.05, 0.1) is 25.2 Å². The van der Waals surface area contributed by atoms with E-state index in [0.29, 0.717) is 6.42 Å². The Hall–Kier alpha value is -5.62. The predicted molar refractivity (Wildman–Crippen MR) is 185 cm³/mol. The first-order valence-corrected chi connectivity index (χ1v) is 16.8. The Labute approximate surface area is 309 Å². The predicted octanol–water partition coefficient (Wildman–Crippen LogP) is -7.00. The number of aliphatic carboxylic acids is 2. The molecule has 0 aromatic carbocycles. The van der Waals surface area contributed by atoms with Gasteiger partial charge in [0.15, 0.2) is 5.96 Å². The Morgan fingerprint density at radius 3 is 1.98 bits per heavy atom. The normalized spacial score (nSPS) is 17.6. The molecule has 0 saturated carbocycles. The van der Waals surface area contributed by atoms with Crippen LogP contribution in [-0.4, -0.2) is 153 Å². The quantitative estimate of drug-likeness (QED) is 0.0261. The Morgan fingerprint density at radius 1 is 0.815 bits per heavy atom. The maximum Gasteiger partial charge on any atom is 0.328 e. The van der Waals surface area contributed by atoms with Crippen LogP contribution < -0.4 is 49.5 Å². The van der Waals surface area contributed by atoms with E-state index in [4.69, 9.17) is 22.9 Å². The van der Waals surface area contributed by atoms with Crippen LogP contribution in [-0.2, 0) is 43.2 Å². The minimum atomic E-state index is -1.74. The highest BCUT2D eigenvalue weighted by Gasteiger charge is 2.40. The first-order chi connectivity index (χ1) is 25.2. The zero-order valence-electron chi connectivity index (χ0n) is 29.9. The van der Waals surface area contributed by atoms with E-state index in [1.165, 1.54) is 0 Å². The van der Waals surface area contributed by atoms with Gasteiger partial charge in [-0.25, -0.2) is 4.79 Å². The van der Waals surface area contributed by atoms with Crippen molar-refractivity contribution in [3.63, 3.8) is 0 Å². The van der Waals surface area contributed by atoms with Crippen molar-refractivity contribution in [3.05, 3.63) is 0 Å². The van der Waals surface area contributed by atoms with Crippen molar-refractivity contribution in [3.8, 4) is 0 Å². The molecule has 0 bridgehead atoms. The zero-order valence-corrected chi connectivity index (χ0v) is 29.9. The third kappa shape index (κ3) is 15.5. The second-order valence-corrected chi connectivity index (χ2v) is 12.5. The number of aliphatic hydroxyl groups excluding tert-OH is 2. The molecule has 304 valence electrons. The second-order valence-electron chi connectivity index (χ2n) is 12.5. The minimum Gasteiger partial charge on any atom is -0.481 e. The second kappa shape index (κ2) is 22.4. The van der Waals surface area contributed by atoms with Crippen molar-refractivity contribution < 1.29 is 63.6 Å². The maximum absolute atomic E-state index is 13.8. The van der Waals surface area contributed by atoms with Crippen molar-refractivity contribution in [2.24, 2.45) is 27.9 Å². The van der Waals surface area contributed by atoms with Gasteiger partial charge in [0.1, 0.15) is 36.3 Å². The van der Waals surface area contributed by atoms with Gasteiger partial charge in [0, 0.05) is 19.5 Å². The summed E-state index contributed by atoms with van der Waals surface area (Å²) in [6, 6.07) is -10.4. The standard InChI is InChI=1S/C30H51N11O13/c1-13(36-25(49)17(11-21(45)46)38-24(48)15(31)7-8-20(32)44)23(47)40-22(14(2)43)27(51)37-16(5-3-9-35-30(33)34)28(52)41-10-4-6-19(41)26(50)39-18(12-42)29(53)54/h13-19,22,42-43H,3-12,31H2,1-2H3,(H2,32,44)(H,36,49)(H,37,51)(H,38,48)(H,39,50)(H,40,47)(H,45,46)(H,53,54)(H4,33,34,35)/t13-,14+,15-,16-,17-,18-,19-,22-/m0/s1. The van der Waals surface area contributed by atoms with E-state index in [9.17, 15) is 63.6 Å². The molecule has 1 saturated heterocycles. The highest BCUT2D eigenvalue weighted by molar-refractivity contribution is 5.98. The van der Waals surface area contributed by atoms with Crippen LogP contribution in [0, 0.1) is 0 Å². The van der Waals surface area contributed by atoms with Gasteiger partial charge in [-0.05, 0) is 46.0 Å². The molecule has 54 heavy (non-hydrogen) atoms. The van der Waals surface area contributed by atoms with Gasteiger partial charge >= 0.3 is 11.9 Å².